The summed E-state index contributed by atoms with van der Waals surface area (Å²) in [6, 6.07) is 8.25. The van der Waals surface area contributed by atoms with Gasteiger partial charge < -0.3 is 10.1 Å². The van der Waals surface area contributed by atoms with E-state index in [0.29, 0.717) is 17.2 Å². The fourth-order valence-electron chi connectivity index (χ4n) is 2.97. The number of anilines is 1. The summed E-state index contributed by atoms with van der Waals surface area (Å²) in [6.45, 7) is 4.48. The highest BCUT2D eigenvalue weighted by molar-refractivity contribution is 6.31. The zero-order valence-electron chi connectivity index (χ0n) is 12.0. The van der Waals surface area contributed by atoms with Crippen molar-refractivity contribution in [3.8, 4) is 0 Å². The van der Waals surface area contributed by atoms with Crippen LogP contribution in [0.3, 0.4) is 0 Å². The molecule has 3 nitrogen and oxygen atoms in total. The summed E-state index contributed by atoms with van der Waals surface area (Å²) in [5.41, 5.74) is 2.17. The fourth-order valence-corrected chi connectivity index (χ4v) is 3.13. The smallest absolute Gasteiger partial charge is 0.0737 e. The van der Waals surface area contributed by atoms with E-state index in [4.69, 9.17) is 16.3 Å². The molecule has 1 aromatic carbocycles. The quantitative estimate of drug-likeness (QED) is 0.923. The molecule has 4 heteroatoms. The van der Waals surface area contributed by atoms with Crippen molar-refractivity contribution in [1.29, 1.82) is 0 Å². The van der Waals surface area contributed by atoms with Crippen molar-refractivity contribution in [3.05, 3.63) is 35.5 Å². The number of fused-ring (bicyclic) bond motifs is 1. The molecule has 0 saturated heterocycles. The third-order valence-electron chi connectivity index (χ3n) is 4.50. The van der Waals surface area contributed by atoms with Gasteiger partial charge in [0.15, 0.2) is 0 Å². The molecule has 2 atom stereocenters. The summed E-state index contributed by atoms with van der Waals surface area (Å²) in [5, 5.41) is 5.45. The fraction of sp³-hybridized carbons (Fsp3) is 0.438. The van der Waals surface area contributed by atoms with Gasteiger partial charge in [0.25, 0.3) is 0 Å². The molecular weight excluding hydrogens is 272 g/mol. The molecule has 1 saturated carbocycles. The molecule has 0 radical (unpaired) electrons. The van der Waals surface area contributed by atoms with Gasteiger partial charge in [-0.3, -0.25) is 4.98 Å². The molecule has 106 valence electrons. The van der Waals surface area contributed by atoms with Gasteiger partial charge >= 0.3 is 0 Å². The van der Waals surface area contributed by atoms with Crippen molar-refractivity contribution >= 4 is 28.2 Å². The molecule has 1 N–H and O–H groups in total. The van der Waals surface area contributed by atoms with E-state index in [1.807, 2.05) is 30.5 Å². The van der Waals surface area contributed by atoms with Crippen molar-refractivity contribution in [2.45, 2.75) is 32.4 Å². The average molecular weight is 291 g/mol. The van der Waals surface area contributed by atoms with E-state index >= 15 is 0 Å². The Morgan fingerprint density at radius 2 is 2.15 bits per heavy atom. The van der Waals surface area contributed by atoms with Gasteiger partial charge in [0, 0.05) is 40.9 Å². The van der Waals surface area contributed by atoms with Crippen LogP contribution in [0.1, 0.15) is 20.3 Å². The van der Waals surface area contributed by atoms with E-state index in [-0.39, 0.29) is 5.41 Å². The van der Waals surface area contributed by atoms with Crippen LogP contribution in [-0.4, -0.2) is 24.2 Å². The van der Waals surface area contributed by atoms with Gasteiger partial charge in [-0.2, -0.15) is 0 Å². The number of rotatable bonds is 3. The predicted octanol–water partition coefficient (Wildman–Crippen LogP) is 4.11. The van der Waals surface area contributed by atoms with Crippen LogP contribution in [0, 0.1) is 5.41 Å². The summed E-state index contributed by atoms with van der Waals surface area (Å²) in [4.78, 5) is 4.37. The minimum atomic E-state index is 0.136. The number of ether oxygens (including phenoxy) is 1. The summed E-state index contributed by atoms with van der Waals surface area (Å²) in [6.07, 6.45) is 3.17. The molecule has 2 unspecified atom stereocenters. The average Bonchev–Trinajstić information content (AvgIpc) is 2.42. The van der Waals surface area contributed by atoms with Crippen LogP contribution in [0.5, 0.6) is 0 Å². The highest BCUT2D eigenvalue weighted by atomic mass is 35.5. The Balaban J connectivity index is 1.89. The van der Waals surface area contributed by atoms with Crippen LogP contribution in [0.2, 0.25) is 5.02 Å². The van der Waals surface area contributed by atoms with Crippen LogP contribution in [0.15, 0.2) is 30.5 Å². The monoisotopic (exact) mass is 290 g/mol. The van der Waals surface area contributed by atoms with E-state index in [1.165, 1.54) is 0 Å². The zero-order valence-corrected chi connectivity index (χ0v) is 12.7. The van der Waals surface area contributed by atoms with E-state index < -0.39 is 0 Å². The van der Waals surface area contributed by atoms with Crippen LogP contribution in [-0.2, 0) is 4.74 Å². The maximum absolute atomic E-state index is 6.02. The third kappa shape index (κ3) is 2.15. The van der Waals surface area contributed by atoms with E-state index in [0.717, 1.165) is 23.0 Å². The summed E-state index contributed by atoms with van der Waals surface area (Å²) >= 11 is 6.02. The molecule has 1 aliphatic carbocycles. The van der Waals surface area contributed by atoms with Gasteiger partial charge in [0.1, 0.15) is 0 Å². The number of methoxy groups -OCH3 is 1. The van der Waals surface area contributed by atoms with Crippen molar-refractivity contribution in [2.24, 2.45) is 5.41 Å². The molecule has 0 spiro atoms. The van der Waals surface area contributed by atoms with E-state index in [9.17, 15) is 0 Å². The molecule has 1 aromatic heterocycles. The number of halogens is 1. The highest BCUT2D eigenvalue weighted by Gasteiger charge is 2.48. The molecule has 0 aliphatic heterocycles. The number of benzene rings is 1. The highest BCUT2D eigenvalue weighted by Crippen LogP contribution is 2.44. The molecular formula is C16H19ClN2O. The lowest BCUT2D eigenvalue weighted by molar-refractivity contribution is -0.0794. The number of nitrogens with one attached hydrogen (secondary N) is 1. The molecule has 0 bridgehead atoms. The predicted molar refractivity (Wildman–Crippen MR) is 83.4 cm³/mol. The summed E-state index contributed by atoms with van der Waals surface area (Å²) in [7, 11) is 1.78. The second-order valence-corrected chi connectivity index (χ2v) is 6.43. The number of aromatic nitrogens is 1. The molecule has 1 heterocycles. The van der Waals surface area contributed by atoms with Crippen molar-refractivity contribution in [2.75, 3.05) is 12.4 Å². The van der Waals surface area contributed by atoms with Gasteiger partial charge in [0.05, 0.1) is 11.6 Å². The second kappa shape index (κ2) is 4.90. The largest absolute Gasteiger partial charge is 0.381 e. The standard InChI is InChI=1S/C16H19ClN2O/c1-16(2)14(9-15(16)20-3)19-12-6-7-18-13-8-10(17)4-5-11(12)13/h4-8,14-15H,9H2,1-3H3,(H,18,19). The molecule has 2 aromatic rings. The zero-order chi connectivity index (χ0) is 14.3. The minimum Gasteiger partial charge on any atom is -0.381 e. The first-order chi connectivity index (χ1) is 9.52. The van der Waals surface area contributed by atoms with Crippen LogP contribution >= 0.6 is 11.6 Å². The van der Waals surface area contributed by atoms with Crippen molar-refractivity contribution in [1.82, 2.24) is 4.98 Å². The number of hydrogen-bond donors (Lipinski definition) is 1. The number of nitrogens with zero attached hydrogens (tertiary/aromatic N) is 1. The summed E-state index contributed by atoms with van der Waals surface area (Å²) in [5.74, 6) is 0. The van der Waals surface area contributed by atoms with Gasteiger partial charge in [-0.05, 0) is 30.7 Å². The van der Waals surface area contributed by atoms with E-state index in [2.05, 4.69) is 24.1 Å². The van der Waals surface area contributed by atoms with Crippen LogP contribution in [0.25, 0.3) is 10.9 Å². The van der Waals surface area contributed by atoms with Crippen molar-refractivity contribution < 1.29 is 4.74 Å². The Morgan fingerprint density at radius 3 is 2.85 bits per heavy atom. The first kappa shape index (κ1) is 13.7. The van der Waals surface area contributed by atoms with Crippen LogP contribution in [0.4, 0.5) is 5.69 Å². The minimum absolute atomic E-state index is 0.136. The lowest BCUT2D eigenvalue weighted by Crippen LogP contribution is -2.57. The van der Waals surface area contributed by atoms with Gasteiger partial charge in [-0.25, -0.2) is 0 Å². The Labute approximate surface area is 124 Å². The molecule has 3 rings (SSSR count). The lowest BCUT2D eigenvalue weighted by atomic mass is 9.64. The maximum atomic E-state index is 6.02. The molecule has 0 amide bonds. The van der Waals surface area contributed by atoms with Gasteiger partial charge in [-0.15, -0.1) is 0 Å². The summed E-state index contributed by atoms with van der Waals surface area (Å²) < 4.78 is 5.50. The van der Waals surface area contributed by atoms with Gasteiger partial charge in [0.2, 0.25) is 0 Å². The van der Waals surface area contributed by atoms with Crippen molar-refractivity contribution in [3.63, 3.8) is 0 Å². The molecule has 1 fully saturated rings. The lowest BCUT2D eigenvalue weighted by Gasteiger charge is -2.51. The Kier molecular flexibility index (Phi) is 3.35. The first-order valence-corrected chi connectivity index (χ1v) is 7.24. The Morgan fingerprint density at radius 1 is 1.35 bits per heavy atom. The topological polar surface area (TPSA) is 34.1 Å². The van der Waals surface area contributed by atoms with E-state index in [1.54, 1.807) is 7.11 Å². The SMILES string of the molecule is COC1CC(Nc2ccnc3cc(Cl)ccc23)C1(C)C. The first-order valence-electron chi connectivity index (χ1n) is 6.86. The Hall–Kier alpha value is -1.32. The van der Waals surface area contributed by atoms with Gasteiger partial charge in [-0.1, -0.05) is 25.4 Å². The maximum Gasteiger partial charge on any atom is 0.0737 e. The molecule has 20 heavy (non-hydrogen) atoms. The molecule has 1 aliphatic rings. The normalized spacial score (nSPS) is 24.4. The number of hydrogen-bond acceptors (Lipinski definition) is 3. The van der Waals surface area contributed by atoms with Crippen LogP contribution < -0.4 is 5.32 Å². The second-order valence-electron chi connectivity index (χ2n) is 6.00. The Bertz CT molecular complexity index is 641. The third-order valence-corrected chi connectivity index (χ3v) is 4.73. The number of pyridine rings is 1.